The fourth-order valence-corrected chi connectivity index (χ4v) is 1.25. The van der Waals surface area contributed by atoms with Gasteiger partial charge in [0.05, 0.1) is 12.6 Å². The smallest absolute Gasteiger partial charge is 0.237 e. The molecule has 1 unspecified atom stereocenters. The zero-order valence-electron chi connectivity index (χ0n) is 9.81. The summed E-state index contributed by atoms with van der Waals surface area (Å²) in [5, 5.41) is 5.82. The van der Waals surface area contributed by atoms with Gasteiger partial charge < -0.3 is 10.6 Å². The SMILES string of the molecule is C#CCNC(=O)C(C)NCCCCCC. The second kappa shape index (κ2) is 9.54. The second-order valence-electron chi connectivity index (χ2n) is 3.66. The summed E-state index contributed by atoms with van der Waals surface area (Å²) in [5.41, 5.74) is 0. The number of carbonyl (C=O) groups excluding carboxylic acids is 1. The molecule has 0 aromatic carbocycles. The van der Waals surface area contributed by atoms with E-state index in [2.05, 4.69) is 23.5 Å². The monoisotopic (exact) mass is 210 g/mol. The second-order valence-corrected chi connectivity index (χ2v) is 3.66. The topological polar surface area (TPSA) is 41.1 Å². The Morgan fingerprint density at radius 2 is 2.13 bits per heavy atom. The lowest BCUT2D eigenvalue weighted by atomic mass is 10.2. The first-order valence-electron chi connectivity index (χ1n) is 5.67. The van der Waals surface area contributed by atoms with Gasteiger partial charge in [-0.1, -0.05) is 32.1 Å². The third kappa shape index (κ3) is 8.02. The molecular formula is C12H22N2O. The van der Waals surface area contributed by atoms with Crippen LogP contribution in [-0.2, 0) is 4.79 Å². The molecule has 2 N–H and O–H groups in total. The van der Waals surface area contributed by atoms with E-state index >= 15 is 0 Å². The molecule has 15 heavy (non-hydrogen) atoms. The van der Waals surface area contributed by atoms with Crippen LogP contribution >= 0.6 is 0 Å². The van der Waals surface area contributed by atoms with Crippen molar-refractivity contribution in [2.75, 3.05) is 13.1 Å². The molecule has 0 aliphatic heterocycles. The molecule has 1 atom stereocenters. The normalized spacial score (nSPS) is 11.8. The van der Waals surface area contributed by atoms with E-state index in [1.807, 2.05) is 6.92 Å². The van der Waals surface area contributed by atoms with Crippen molar-refractivity contribution in [3.05, 3.63) is 0 Å². The number of unbranched alkanes of at least 4 members (excludes halogenated alkanes) is 3. The maximum Gasteiger partial charge on any atom is 0.237 e. The zero-order valence-corrected chi connectivity index (χ0v) is 9.81. The van der Waals surface area contributed by atoms with Gasteiger partial charge in [0.25, 0.3) is 0 Å². The third-order valence-electron chi connectivity index (χ3n) is 2.24. The van der Waals surface area contributed by atoms with E-state index in [-0.39, 0.29) is 11.9 Å². The van der Waals surface area contributed by atoms with Crippen LogP contribution in [0.5, 0.6) is 0 Å². The molecule has 0 fully saturated rings. The molecule has 0 bridgehead atoms. The molecule has 0 saturated heterocycles. The van der Waals surface area contributed by atoms with Crippen LogP contribution in [0.15, 0.2) is 0 Å². The first-order chi connectivity index (χ1) is 7.22. The van der Waals surface area contributed by atoms with E-state index in [0.29, 0.717) is 6.54 Å². The summed E-state index contributed by atoms with van der Waals surface area (Å²) in [6.45, 7) is 5.24. The van der Waals surface area contributed by atoms with Crippen molar-refractivity contribution >= 4 is 5.91 Å². The predicted octanol–water partition coefficient (Wildman–Crippen LogP) is 1.29. The number of terminal acetylenes is 1. The molecule has 0 spiro atoms. The summed E-state index contributed by atoms with van der Waals surface area (Å²) in [4.78, 5) is 11.4. The summed E-state index contributed by atoms with van der Waals surface area (Å²) >= 11 is 0. The lowest BCUT2D eigenvalue weighted by Crippen LogP contribution is -2.42. The minimum atomic E-state index is -0.153. The molecule has 0 aliphatic rings. The number of rotatable bonds is 8. The summed E-state index contributed by atoms with van der Waals surface area (Å²) < 4.78 is 0. The molecule has 3 nitrogen and oxygen atoms in total. The van der Waals surface area contributed by atoms with Gasteiger partial charge in [-0.2, -0.15) is 0 Å². The van der Waals surface area contributed by atoms with Crippen molar-refractivity contribution in [3.8, 4) is 12.3 Å². The number of amides is 1. The van der Waals surface area contributed by atoms with Gasteiger partial charge in [-0.3, -0.25) is 4.79 Å². The Balaban J connectivity index is 3.43. The van der Waals surface area contributed by atoms with Crippen molar-refractivity contribution in [1.82, 2.24) is 10.6 Å². The zero-order chi connectivity index (χ0) is 11.5. The third-order valence-corrected chi connectivity index (χ3v) is 2.24. The van der Waals surface area contributed by atoms with Crippen molar-refractivity contribution in [2.24, 2.45) is 0 Å². The highest BCUT2D eigenvalue weighted by Crippen LogP contribution is 1.97. The van der Waals surface area contributed by atoms with Crippen LogP contribution in [0.2, 0.25) is 0 Å². The van der Waals surface area contributed by atoms with E-state index in [1.165, 1.54) is 19.3 Å². The molecule has 0 rings (SSSR count). The number of carbonyl (C=O) groups is 1. The average molecular weight is 210 g/mol. The molecule has 0 aromatic rings. The maximum absolute atomic E-state index is 11.4. The Morgan fingerprint density at radius 3 is 2.73 bits per heavy atom. The van der Waals surface area contributed by atoms with Crippen LogP contribution in [0, 0.1) is 12.3 Å². The van der Waals surface area contributed by atoms with Crippen molar-refractivity contribution in [1.29, 1.82) is 0 Å². The van der Waals surface area contributed by atoms with Crippen LogP contribution < -0.4 is 10.6 Å². The van der Waals surface area contributed by atoms with Crippen molar-refractivity contribution in [3.63, 3.8) is 0 Å². The summed E-state index contributed by atoms with van der Waals surface area (Å²) in [5.74, 6) is 2.35. The first-order valence-corrected chi connectivity index (χ1v) is 5.67. The number of nitrogens with one attached hydrogen (secondary N) is 2. The molecule has 3 heteroatoms. The highest BCUT2D eigenvalue weighted by atomic mass is 16.2. The van der Waals surface area contributed by atoms with Crippen LogP contribution in [0.1, 0.15) is 39.5 Å². The number of hydrogen-bond donors (Lipinski definition) is 2. The van der Waals surface area contributed by atoms with Gasteiger partial charge in [-0.05, 0) is 19.9 Å². The van der Waals surface area contributed by atoms with Gasteiger partial charge in [-0.25, -0.2) is 0 Å². The summed E-state index contributed by atoms with van der Waals surface area (Å²) in [6, 6.07) is -0.153. The lowest BCUT2D eigenvalue weighted by molar-refractivity contribution is -0.122. The highest BCUT2D eigenvalue weighted by Gasteiger charge is 2.09. The molecule has 0 heterocycles. The quantitative estimate of drug-likeness (QED) is 0.468. The lowest BCUT2D eigenvalue weighted by Gasteiger charge is -2.12. The molecular weight excluding hydrogens is 188 g/mol. The van der Waals surface area contributed by atoms with Crippen LogP contribution in [-0.4, -0.2) is 25.0 Å². The fraction of sp³-hybridized carbons (Fsp3) is 0.750. The van der Waals surface area contributed by atoms with Gasteiger partial charge >= 0.3 is 0 Å². The van der Waals surface area contributed by atoms with Gasteiger partial charge in [-0.15, -0.1) is 6.42 Å². The first kappa shape index (κ1) is 14.0. The Labute approximate surface area is 93.0 Å². The Bertz CT molecular complexity index is 208. The Kier molecular flexibility index (Phi) is 8.90. The van der Waals surface area contributed by atoms with Gasteiger partial charge in [0.1, 0.15) is 0 Å². The van der Waals surface area contributed by atoms with Crippen LogP contribution in [0.4, 0.5) is 0 Å². The highest BCUT2D eigenvalue weighted by molar-refractivity contribution is 5.81. The number of hydrogen-bond acceptors (Lipinski definition) is 2. The molecule has 86 valence electrons. The van der Waals surface area contributed by atoms with E-state index in [1.54, 1.807) is 0 Å². The van der Waals surface area contributed by atoms with E-state index < -0.39 is 0 Å². The largest absolute Gasteiger partial charge is 0.344 e. The van der Waals surface area contributed by atoms with Crippen LogP contribution in [0.25, 0.3) is 0 Å². The van der Waals surface area contributed by atoms with Crippen molar-refractivity contribution in [2.45, 2.75) is 45.6 Å². The van der Waals surface area contributed by atoms with E-state index in [4.69, 9.17) is 6.42 Å². The summed E-state index contributed by atoms with van der Waals surface area (Å²) in [7, 11) is 0. The van der Waals surface area contributed by atoms with Gasteiger partial charge in [0.15, 0.2) is 0 Å². The summed E-state index contributed by atoms with van der Waals surface area (Å²) in [6.07, 6.45) is 9.89. The maximum atomic E-state index is 11.4. The molecule has 0 saturated carbocycles. The van der Waals surface area contributed by atoms with Crippen molar-refractivity contribution < 1.29 is 4.79 Å². The molecule has 0 radical (unpaired) electrons. The molecule has 1 amide bonds. The molecule has 0 aliphatic carbocycles. The Morgan fingerprint density at radius 1 is 1.40 bits per heavy atom. The minimum Gasteiger partial charge on any atom is -0.344 e. The fourth-order valence-electron chi connectivity index (χ4n) is 1.25. The van der Waals surface area contributed by atoms with Gasteiger partial charge in [0.2, 0.25) is 5.91 Å². The molecule has 0 aromatic heterocycles. The predicted molar refractivity (Wildman–Crippen MR) is 63.4 cm³/mol. The van der Waals surface area contributed by atoms with E-state index in [9.17, 15) is 4.79 Å². The van der Waals surface area contributed by atoms with Gasteiger partial charge in [0, 0.05) is 0 Å². The van der Waals surface area contributed by atoms with E-state index in [0.717, 1.165) is 13.0 Å². The minimum absolute atomic E-state index is 0.0246. The Hall–Kier alpha value is -1.01. The van der Waals surface area contributed by atoms with Crippen LogP contribution in [0.3, 0.4) is 0 Å². The average Bonchev–Trinajstić information content (AvgIpc) is 2.25. The standard InChI is InChI=1S/C12H22N2O/c1-4-6-7-8-10-13-11(3)12(15)14-9-5-2/h2,11,13H,4,6-10H2,1,3H3,(H,14,15).